The highest BCUT2D eigenvalue weighted by Gasteiger charge is 2.45. The van der Waals surface area contributed by atoms with Crippen molar-refractivity contribution in [1.29, 1.82) is 0 Å². The highest BCUT2D eigenvalue weighted by molar-refractivity contribution is 6.46. The van der Waals surface area contributed by atoms with Crippen molar-refractivity contribution in [3.63, 3.8) is 0 Å². The standard InChI is InChI=1S/C24H27NO5/c1-16(2)15-30-19-11-9-18(10-12-19)22(26)20-21(17-7-5-4-6-8-17)25(13-14-29-3)24(28)23(20)27/h4-12,16,21,26H,13-15H2,1-3H3/b22-20+/t21-/m0/s1. The molecule has 1 amide bonds. The maximum absolute atomic E-state index is 12.8. The number of hydrogen-bond acceptors (Lipinski definition) is 5. The van der Waals surface area contributed by atoms with Gasteiger partial charge < -0.3 is 19.5 Å². The van der Waals surface area contributed by atoms with Crippen LogP contribution < -0.4 is 4.74 Å². The smallest absolute Gasteiger partial charge is 0.295 e. The van der Waals surface area contributed by atoms with Gasteiger partial charge in [0.15, 0.2) is 0 Å². The highest BCUT2D eigenvalue weighted by Crippen LogP contribution is 2.39. The third kappa shape index (κ3) is 4.54. The summed E-state index contributed by atoms with van der Waals surface area (Å²) in [5, 5.41) is 11.0. The number of carbonyl (C=O) groups excluding carboxylic acids is 2. The van der Waals surface area contributed by atoms with Crippen molar-refractivity contribution in [2.75, 3.05) is 26.9 Å². The van der Waals surface area contributed by atoms with E-state index in [1.54, 1.807) is 24.3 Å². The lowest BCUT2D eigenvalue weighted by molar-refractivity contribution is -0.140. The Hall–Kier alpha value is -3.12. The SMILES string of the molecule is COCCN1C(=O)C(=O)/C(=C(/O)c2ccc(OCC(C)C)cc2)[C@@H]1c1ccccc1. The van der Waals surface area contributed by atoms with Crippen LogP contribution in [0.15, 0.2) is 60.2 Å². The maximum Gasteiger partial charge on any atom is 0.295 e. The molecule has 0 radical (unpaired) electrons. The van der Waals surface area contributed by atoms with Crippen molar-refractivity contribution >= 4 is 17.4 Å². The van der Waals surface area contributed by atoms with E-state index in [1.165, 1.54) is 12.0 Å². The number of likely N-dealkylation sites (tertiary alicyclic amines) is 1. The Morgan fingerprint density at radius 2 is 1.73 bits per heavy atom. The van der Waals surface area contributed by atoms with Crippen LogP contribution >= 0.6 is 0 Å². The van der Waals surface area contributed by atoms with Gasteiger partial charge in [-0.2, -0.15) is 0 Å². The number of Topliss-reactive ketones (excluding diaryl/α,β-unsaturated/α-hetero) is 1. The molecule has 6 nitrogen and oxygen atoms in total. The van der Waals surface area contributed by atoms with Crippen molar-refractivity contribution < 1.29 is 24.2 Å². The number of hydrogen-bond donors (Lipinski definition) is 1. The van der Waals surface area contributed by atoms with Gasteiger partial charge in [-0.3, -0.25) is 9.59 Å². The minimum Gasteiger partial charge on any atom is -0.507 e. The van der Waals surface area contributed by atoms with Gasteiger partial charge in [-0.25, -0.2) is 0 Å². The summed E-state index contributed by atoms with van der Waals surface area (Å²) >= 11 is 0. The summed E-state index contributed by atoms with van der Waals surface area (Å²) < 4.78 is 10.8. The summed E-state index contributed by atoms with van der Waals surface area (Å²) in [5.41, 5.74) is 1.29. The Bertz CT molecular complexity index is 918. The summed E-state index contributed by atoms with van der Waals surface area (Å²) in [6.07, 6.45) is 0. The van der Waals surface area contributed by atoms with Gasteiger partial charge >= 0.3 is 0 Å². The van der Waals surface area contributed by atoms with E-state index in [2.05, 4.69) is 13.8 Å². The van der Waals surface area contributed by atoms with Crippen molar-refractivity contribution in [2.24, 2.45) is 5.92 Å². The Balaban J connectivity index is 2.00. The fourth-order valence-electron chi connectivity index (χ4n) is 3.41. The molecule has 0 bridgehead atoms. The first-order valence-corrected chi connectivity index (χ1v) is 9.99. The second-order valence-corrected chi connectivity index (χ2v) is 7.63. The lowest BCUT2D eigenvalue weighted by Crippen LogP contribution is -2.32. The molecule has 0 aromatic heterocycles. The van der Waals surface area contributed by atoms with Gasteiger partial charge in [0.05, 0.1) is 24.8 Å². The van der Waals surface area contributed by atoms with Crippen LogP contribution in [0.5, 0.6) is 5.75 Å². The number of methoxy groups -OCH3 is 1. The van der Waals surface area contributed by atoms with Crippen LogP contribution in [-0.2, 0) is 14.3 Å². The Kier molecular flexibility index (Phi) is 6.90. The molecule has 1 heterocycles. The summed E-state index contributed by atoms with van der Waals surface area (Å²) in [5.74, 6) is -0.457. The molecule has 1 aliphatic heterocycles. The van der Waals surface area contributed by atoms with Crippen LogP contribution in [0.3, 0.4) is 0 Å². The van der Waals surface area contributed by atoms with Gasteiger partial charge in [-0.05, 0) is 35.7 Å². The Morgan fingerprint density at radius 3 is 2.33 bits per heavy atom. The summed E-state index contributed by atoms with van der Waals surface area (Å²) in [6, 6.07) is 15.4. The first-order valence-electron chi connectivity index (χ1n) is 9.99. The second kappa shape index (κ2) is 9.59. The molecule has 1 N–H and O–H groups in total. The van der Waals surface area contributed by atoms with Crippen LogP contribution in [-0.4, -0.2) is 48.6 Å². The van der Waals surface area contributed by atoms with Crippen LogP contribution in [0.2, 0.25) is 0 Å². The number of ketones is 1. The van der Waals surface area contributed by atoms with Gasteiger partial charge in [-0.15, -0.1) is 0 Å². The van der Waals surface area contributed by atoms with E-state index < -0.39 is 17.7 Å². The topological polar surface area (TPSA) is 76.1 Å². The van der Waals surface area contributed by atoms with E-state index in [-0.39, 0.29) is 24.5 Å². The van der Waals surface area contributed by atoms with E-state index in [0.717, 1.165) is 5.56 Å². The molecule has 2 aromatic carbocycles. The third-order valence-corrected chi connectivity index (χ3v) is 4.90. The van der Waals surface area contributed by atoms with E-state index in [0.29, 0.717) is 23.8 Å². The largest absolute Gasteiger partial charge is 0.507 e. The summed E-state index contributed by atoms with van der Waals surface area (Å²) in [4.78, 5) is 27.0. The molecule has 158 valence electrons. The number of rotatable bonds is 8. The molecule has 3 rings (SSSR count). The van der Waals surface area contributed by atoms with Crippen LogP contribution in [0.25, 0.3) is 5.76 Å². The monoisotopic (exact) mass is 409 g/mol. The number of ether oxygens (including phenoxy) is 2. The molecule has 0 saturated carbocycles. The van der Waals surface area contributed by atoms with Crippen molar-refractivity contribution in [3.8, 4) is 5.75 Å². The van der Waals surface area contributed by atoms with E-state index in [1.807, 2.05) is 30.3 Å². The van der Waals surface area contributed by atoms with Gasteiger partial charge in [0, 0.05) is 19.2 Å². The fraction of sp³-hybridized carbons (Fsp3) is 0.333. The molecule has 2 aromatic rings. The zero-order valence-corrected chi connectivity index (χ0v) is 17.5. The van der Waals surface area contributed by atoms with E-state index >= 15 is 0 Å². The van der Waals surface area contributed by atoms with Gasteiger partial charge in [0.1, 0.15) is 11.5 Å². The fourth-order valence-corrected chi connectivity index (χ4v) is 3.41. The molecule has 0 unspecified atom stereocenters. The second-order valence-electron chi connectivity index (χ2n) is 7.63. The van der Waals surface area contributed by atoms with Gasteiger partial charge in [-0.1, -0.05) is 44.2 Å². The predicted molar refractivity (Wildman–Crippen MR) is 114 cm³/mol. The Morgan fingerprint density at radius 1 is 1.07 bits per heavy atom. The number of carbonyl (C=O) groups is 2. The minimum absolute atomic E-state index is 0.0816. The molecule has 0 spiro atoms. The number of aliphatic hydroxyl groups excluding tert-OH is 1. The zero-order chi connectivity index (χ0) is 21.7. The normalized spacial score (nSPS) is 18.3. The number of benzene rings is 2. The van der Waals surface area contributed by atoms with Gasteiger partial charge in [0.2, 0.25) is 0 Å². The molecule has 1 saturated heterocycles. The van der Waals surface area contributed by atoms with E-state index in [4.69, 9.17) is 9.47 Å². The minimum atomic E-state index is -0.697. The molecule has 1 atom stereocenters. The zero-order valence-electron chi connectivity index (χ0n) is 17.5. The summed E-state index contributed by atoms with van der Waals surface area (Å²) in [7, 11) is 1.54. The third-order valence-electron chi connectivity index (χ3n) is 4.90. The summed E-state index contributed by atoms with van der Waals surface area (Å²) in [6.45, 7) is 5.25. The average molecular weight is 409 g/mol. The molecule has 1 fully saturated rings. The van der Waals surface area contributed by atoms with Crippen molar-refractivity contribution in [3.05, 3.63) is 71.3 Å². The van der Waals surface area contributed by atoms with Crippen LogP contribution in [0, 0.1) is 5.92 Å². The molecular formula is C24H27NO5. The average Bonchev–Trinajstić information content (AvgIpc) is 3.01. The molecule has 30 heavy (non-hydrogen) atoms. The number of amides is 1. The van der Waals surface area contributed by atoms with Crippen LogP contribution in [0.4, 0.5) is 0 Å². The highest BCUT2D eigenvalue weighted by atomic mass is 16.5. The van der Waals surface area contributed by atoms with Crippen molar-refractivity contribution in [1.82, 2.24) is 4.90 Å². The molecule has 1 aliphatic rings. The first kappa shape index (κ1) is 21.6. The molecule has 6 heteroatoms. The van der Waals surface area contributed by atoms with E-state index in [9.17, 15) is 14.7 Å². The first-order chi connectivity index (χ1) is 14.4. The molecule has 0 aliphatic carbocycles. The molecular weight excluding hydrogens is 382 g/mol. The maximum atomic E-state index is 12.8. The lowest BCUT2D eigenvalue weighted by Gasteiger charge is -2.25. The van der Waals surface area contributed by atoms with Crippen molar-refractivity contribution in [2.45, 2.75) is 19.9 Å². The number of nitrogens with zero attached hydrogens (tertiary/aromatic N) is 1. The lowest BCUT2D eigenvalue weighted by atomic mass is 9.95. The quantitative estimate of drug-likeness (QED) is 0.408. The number of aliphatic hydroxyl groups is 1. The van der Waals surface area contributed by atoms with Crippen LogP contribution in [0.1, 0.15) is 31.0 Å². The Labute approximate surface area is 176 Å². The van der Waals surface area contributed by atoms with Gasteiger partial charge in [0.25, 0.3) is 11.7 Å². The predicted octanol–water partition coefficient (Wildman–Crippen LogP) is 3.79.